The lowest BCUT2D eigenvalue weighted by Crippen LogP contribution is -2.25. The lowest BCUT2D eigenvalue weighted by molar-refractivity contribution is -0.116. The van der Waals surface area contributed by atoms with E-state index in [1.54, 1.807) is 24.0 Å². The van der Waals surface area contributed by atoms with E-state index in [-0.39, 0.29) is 11.9 Å². The Kier molecular flexibility index (Phi) is 6.81. The normalized spacial score (nSPS) is 11.8. The third-order valence-corrected chi connectivity index (χ3v) is 4.05. The highest BCUT2D eigenvalue weighted by atomic mass is 32.2. The van der Waals surface area contributed by atoms with Gasteiger partial charge in [-0.05, 0) is 26.8 Å². The summed E-state index contributed by atoms with van der Waals surface area (Å²) < 4.78 is 1.81. The average molecular weight is 363 g/mol. The summed E-state index contributed by atoms with van der Waals surface area (Å²) in [6, 6.07) is 0.262. The number of fused-ring (bicyclic) bond motifs is 1. The second-order valence-corrected chi connectivity index (χ2v) is 7.76. The van der Waals surface area contributed by atoms with Crippen LogP contribution in [0.3, 0.4) is 0 Å². The van der Waals surface area contributed by atoms with Gasteiger partial charge >= 0.3 is 0 Å². The van der Waals surface area contributed by atoms with E-state index in [9.17, 15) is 4.79 Å². The van der Waals surface area contributed by atoms with E-state index in [1.165, 1.54) is 6.08 Å². The molecule has 0 atom stereocenters. The Morgan fingerprint density at radius 3 is 2.72 bits per heavy atom. The molecule has 8 heteroatoms. The van der Waals surface area contributed by atoms with E-state index >= 15 is 0 Å². The number of nitrogens with zero attached hydrogens (tertiary/aromatic N) is 4. The van der Waals surface area contributed by atoms with Crippen LogP contribution >= 0.6 is 11.8 Å². The molecule has 0 unspecified atom stereocenters. The van der Waals surface area contributed by atoms with Crippen LogP contribution in [-0.4, -0.2) is 43.5 Å². The molecule has 0 aliphatic carbocycles. The molecular formula is C17H26N6OS. The number of rotatable bonds is 8. The first-order valence-electron chi connectivity index (χ1n) is 8.48. The Morgan fingerprint density at radius 2 is 2.08 bits per heavy atom. The lowest BCUT2D eigenvalue weighted by atomic mass is 10.3. The number of amides is 1. The fourth-order valence-corrected chi connectivity index (χ4v) is 2.95. The van der Waals surface area contributed by atoms with E-state index in [4.69, 9.17) is 0 Å². The fourth-order valence-electron chi connectivity index (χ4n) is 2.24. The molecule has 0 fully saturated rings. The number of hydrogen-bond donors (Lipinski definition) is 2. The summed E-state index contributed by atoms with van der Waals surface area (Å²) in [6.07, 6.45) is 4.99. The third-order valence-electron chi connectivity index (χ3n) is 3.18. The molecule has 25 heavy (non-hydrogen) atoms. The number of anilines is 1. The topological polar surface area (TPSA) is 84.7 Å². The van der Waals surface area contributed by atoms with E-state index in [0.29, 0.717) is 18.3 Å². The molecule has 0 bridgehead atoms. The van der Waals surface area contributed by atoms with Gasteiger partial charge in [0.1, 0.15) is 5.82 Å². The Hall–Kier alpha value is -2.09. The standard InChI is InChI=1S/C17H26N6OS/c1-6-7-14(24)18-8-9-23-16-13(10-19-23)15(20-11(2)3)21-17(22-16)25-12(4)5/h6-7,10-12H,8-9H2,1-5H3,(H,18,24)(H,20,21,22)/b7-6-. The Bertz CT molecular complexity index is 753. The molecule has 0 aliphatic heterocycles. The summed E-state index contributed by atoms with van der Waals surface area (Å²) in [6.45, 7) is 11.2. The Morgan fingerprint density at radius 1 is 1.32 bits per heavy atom. The zero-order valence-corrected chi connectivity index (χ0v) is 16.2. The van der Waals surface area contributed by atoms with Gasteiger partial charge in [0.15, 0.2) is 10.8 Å². The van der Waals surface area contributed by atoms with Crippen molar-refractivity contribution in [2.24, 2.45) is 0 Å². The Balaban J connectivity index is 2.27. The van der Waals surface area contributed by atoms with Gasteiger partial charge in [0.2, 0.25) is 5.91 Å². The molecule has 2 aromatic heterocycles. The second-order valence-electron chi connectivity index (χ2n) is 6.22. The fraction of sp³-hybridized carbons (Fsp3) is 0.529. The van der Waals surface area contributed by atoms with Crippen molar-refractivity contribution in [1.82, 2.24) is 25.1 Å². The second kappa shape index (κ2) is 8.84. The van der Waals surface area contributed by atoms with Crippen molar-refractivity contribution in [3.8, 4) is 0 Å². The maximum Gasteiger partial charge on any atom is 0.243 e. The summed E-state index contributed by atoms with van der Waals surface area (Å²) in [7, 11) is 0. The van der Waals surface area contributed by atoms with Crippen molar-refractivity contribution in [3.63, 3.8) is 0 Å². The van der Waals surface area contributed by atoms with Gasteiger partial charge in [-0.1, -0.05) is 31.7 Å². The van der Waals surface area contributed by atoms with Gasteiger partial charge in [-0.3, -0.25) is 4.79 Å². The van der Waals surface area contributed by atoms with Crippen molar-refractivity contribution >= 4 is 34.5 Å². The molecule has 2 rings (SSSR count). The van der Waals surface area contributed by atoms with Crippen molar-refractivity contribution in [3.05, 3.63) is 18.3 Å². The molecule has 2 aromatic rings. The molecule has 0 radical (unpaired) electrons. The van der Waals surface area contributed by atoms with Gasteiger partial charge in [-0.15, -0.1) is 0 Å². The molecule has 1 amide bonds. The first kappa shape index (κ1) is 19.2. The van der Waals surface area contributed by atoms with Crippen LogP contribution < -0.4 is 10.6 Å². The summed E-state index contributed by atoms with van der Waals surface area (Å²) >= 11 is 1.62. The predicted octanol–water partition coefficient (Wildman–Crippen LogP) is 2.84. The summed E-state index contributed by atoms with van der Waals surface area (Å²) in [5.41, 5.74) is 0.779. The van der Waals surface area contributed by atoms with Gasteiger partial charge in [0.25, 0.3) is 0 Å². The first-order valence-corrected chi connectivity index (χ1v) is 9.36. The monoisotopic (exact) mass is 362 g/mol. The minimum atomic E-state index is -0.105. The highest BCUT2D eigenvalue weighted by molar-refractivity contribution is 7.99. The largest absolute Gasteiger partial charge is 0.367 e. The van der Waals surface area contributed by atoms with Crippen LogP contribution in [0.4, 0.5) is 5.82 Å². The highest BCUT2D eigenvalue weighted by Gasteiger charge is 2.14. The van der Waals surface area contributed by atoms with Crippen molar-refractivity contribution < 1.29 is 4.79 Å². The number of carbonyl (C=O) groups excluding carboxylic acids is 1. The summed E-state index contributed by atoms with van der Waals surface area (Å²) in [5, 5.41) is 12.6. The average Bonchev–Trinajstić information content (AvgIpc) is 2.90. The van der Waals surface area contributed by atoms with Gasteiger partial charge in [-0.2, -0.15) is 5.10 Å². The number of aromatic nitrogens is 4. The van der Waals surface area contributed by atoms with Gasteiger partial charge in [0, 0.05) is 17.8 Å². The van der Waals surface area contributed by atoms with Crippen LogP contribution in [0.25, 0.3) is 11.0 Å². The molecule has 0 saturated heterocycles. The van der Waals surface area contributed by atoms with E-state index in [1.807, 2.05) is 11.6 Å². The van der Waals surface area contributed by atoms with Crippen LogP contribution in [0.2, 0.25) is 0 Å². The van der Waals surface area contributed by atoms with Gasteiger partial charge in [-0.25, -0.2) is 14.6 Å². The van der Waals surface area contributed by atoms with Gasteiger partial charge < -0.3 is 10.6 Å². The summed E-state index contributed by atoms with van der Waals surface area (Å²) in [4.78, 5) is 20.8. The van der Waals surface area contributed by atoms with E-state index in [2.05, 4.69) is 53.4 Å². The maximum absolute atomic E-state index is 11.5. The lowest BCUT2D eigenvalue weighted by Gasteiger charge is -2.12. The molecule has 2 N–H and O–H groups in total. The van der Waals surface area contributed by atoms with Crippen LogP contribution in [-0.2, 0) is 11.3 Å². The zero-order chi connectivity index (χ0) is 18.4. The molecule has 7 nitrogen and oxygen atoms in total. The molecule has 0 aromatic carbocycles. The summed E-state index contributed by atoms with van der Waals surface area (Å²) in [5.74, 6) is 0.694. The van der Waals surface area contributed by atoms with E-state index < -0.39 is 0 Å². The minimum Gasteiger partial charge on any atom is -0.367 e. The molecule has 0 spiro atoms. The molecule has 2 heterocycles. The quantitative estimate of drug-likeness (QED) is 0.427. The van der Waals surface area contributed by atoms with Gasteiger partial charge in [0.05, 0.1) is 18.1 Å². The predicted molar refractivity (Wildman–Crippen MR) is 103 cm³/mol. The van der Waals surface area contributed by atoms with Crippen LogP contribution in [0, 0.1) is 0 Å². The third kappa shape index (κ3) is 5.45. The highest BCUT2D eigenvalue weighted by Crippen LogP contribution is 2.26. The van der Waals surface area contributed by atoms with Crippen molar-refractivity contribution in [2.45, 2.75) is 57.6 Å². The number of hydrogen-bond acceptors (Lipinski definition) is 6. The molecule has 0 aliphatic rings. The molecule has 136 valence electrons. The smallest absolute Gasteiger partial charge is 0.243 e. The number of thioether (sulfide) groups is 1. The number of nitrogens with one attached hydrogen (secondary N) is 2. The molecule has 0 saturated carbocycles. The van der Waals surface area contributed by atoms with Crippen molar-refractivity contribution in [2.75, 3.05) is 11.9 Å². The number of allylic oxidation sites excluding steroid dienone is 1. The Labute approximate surface area is 152 Å². The van der Waals surface area contributed by atoms with Crippen LogP contribution in [0.5, 0.6) is 0 Å². The molecular weight excluding hydrogens is 336 g/mol. The maximum atomic E-state index is 11.5. The number of carbonyl (C=O) groups is 1. The van der Waals surface area contributed by atoms with Crippen LogP contribution in [0.1, 0.15) is 34.6 Å². The van der Waals surface area contributed by atoms with Crippen molar-refractivity contribution in [1.29, 1.82) is 0 Å². The SMILES string of the molecule is C/C=C\C(=O)NCCn1ncc2c(NC(C)C)nc(SC(C)C)nc21. The first-order chi connectivity index (χ1) is 11.9. The van der Waals surface area contributed by atoms with E-state index in [0.717, 1.165) is 22.0 Å². The zero-order valence-electron chi connectivity index (χ0n) is 15.4. The minimum absolute atomic E-state index is 0.105. The van der Waals surface area contributed by atoms with Crippen LogP contribution in [0.15, 0.2) is 23.5 Å².